The lowest BCUT2D eigenvalue weighted by molar-refractivity contribution is 0.465. The van der Waals surface area contributed by atoms with Crippen LogP contribution < -0.4 is 10.2 Å². The molecule has 1 aromatic heterocycles. The predicted octanol–water partition coefficient (Wildman–Crippen LogP) is 2.01. The van der Waals surface area contributed by atoms with Crippen molar-refractivity contribution in [3.63, 3.8) is 0 Å². The summed E-state index contributed by atoms with van der Waals surface area (Å²) in [5.74, 6) is 2.27. The molecule has 86 valence electrons. The molecule has 3 nitrogen and oxygen atoms in total. The number of nitrogens with zero attached hydrogens (tertiary/aromatic N) is 2. The summed E-state index contributed by atoms with van der Waals surface area (Å²) in [6.07, 6.45) is 2.97. The van der Waals surface area contributed by atoms with E-state index in [0.29, 0.717) is 6.04 Å². The SMILES string of the molecule is Clc1cnc2c(c1)SCCC1CNCCN21. The van der Waals surface area contributed by atoms with Gasteiger partial charge in [0, 0.05) is 37.6 Å². The Hall–Kier alpha value is -0.450. The van der Waals surface area contributed by atoms with Crippen molar-refractivity contribution in [1.82, 2.24) is 10.3 Å². The smallest absolute Gasteiger partial charge is 0.142 e. The molecule has 1 saturated heterocycles. The van der Waals surface area contributed by atoms with Gasteiger partial charge in [0.2, 0.25) is 0 Å². The van der Waals surface area contributed by atoms with Crippen molar-refractivity contribution in [2.75, 3.05) is 30.3 Å². The highest BCUT2D eigenvalue weighted by Gasteiger charge is 2.27. The fraction of sp³-hybridized carbons (Fsp3) is 0.545. The highest BCUT2D eigenvalue weighted by Crippen LogP contribution is 2.36. The van der Waals surface area contributed by atoms with Gasteiger partial charge in [0.15, 0.2) is 0 Å². The second-order valence-corrected chi connectivity index (χ2v) is 5.74. The highest BCUT2D eigenvalue weighted by molar-refractivity contribution is 7.99. The summed E-state index contributed by atoms with van der Waals surface area (Å²) in [6.45, 7) is 3.17. The van der Waals surface area contributed by atoms with Gasteiger partial charge in [-0.25, -0.2) is 4.98 Å². The lowest BCUT2D eigenvalue weighted by atomic mass is 10.1. The van der Waals surface area contributed by atoms with Crippen LogP contribution in [0.4, 0.5) is 5.82 Å². The summed E-state index contributed by atoms with van der Waals surface area (Å²) >= 11 is 7.87. The van der Waals surface area contributed by atoms with Gasteiger partial charge in [-0.05, 0) is 12.5 Å². The Morgan fingerprint density at radius 1 is 1.56 bits per heavy atom. The zero-order valence-electron chi connectivity index (χ0n) is 8.95. The molecule has 0 aromatic carbocycles. The van der Waals surface area contributed by atoms with Crippen molar-refractivity contribution in [3.8, 4) is 0 Å². The number of anilines is 1. The van der Waals surface area contributed by atoms with E-state index in [-0.39, 0.29) is 0 Å². The van der Waals surface area contributed by atoms with Gasteiger partial charge in [0.25, 0.3) is 0 Å². The average molecular weight is 256 g/mol. The Morgan fingerprint density at radius 2 is 2.50 bits per heavy atom. The third-order valence-corrected chi connectivity index (χ3v) is 4.39. The minimum Gasteiger partial charge on any atom is -0.350 e. The molecule has 3 heterocycles. The minimum absolute atomic E-state index is 0.594. The fourth-order valence-electron chi connectivity index (χ4n) is 2.34. The summed E-state index contributed by atoms with van der Waals surface area (Å²) < 4.78 is 0. The third-order valence-electron chi connectivity index (χ3n) is 3.13. The molecule has 2 aliphatic rings. The van der Waals surface area contributed by atoms with Gasteiger partial charge in [-0.3, -0.25) is 0 Å². The summed E-state index contributed by atoms with van der Waals surface area (Å²) in [6, 6.07) is 2.63. The van der Waals surface area contributed by atoms with E-state index in [1.54, 1.807) is 6.20 Å². The molecule has 0 aliphatic carbocycles. The van der Waals surface area contributed by atoms with E-state index in [2.05, 4.69) is 15.2 Å². The first-order valence-electron chi connectivity index (χ1n) is 5.60. The number of pyridine rings is 1. The van der Waals surface area contributed by atoms with Crippen LogP contribution in [0, 0.1) is 0 Å². The molecule has 0 bridgehead atoms. The second kappa shape index (κ2) is 4.43. The largest absolute Gasteiger partial charge is 0.350 e. The molecule has 0 spiro atoms. The molecule has 1 fully saturated rings. The van der Waals surface area contributed by atoms with Crippen molar-refractivity contribution in [2.45, 2.75) is 17.4 Å². The molecule has 2 aliphatic heterocycles. The molecule has 3 rings (SSSR count). The molecular formula is C11H14ClN3S. The molecule has 1 N–H and O–H groups in total. The molecule has 1 aromatic rings. The van der Waals surface area contributed by atoms with Crippen LogP contribution >= 0.6 is 23.4 Å². The number of aromatic nitrogens is 1. The van der Waals surface area contributed by atoms with Crippen LogP contribution in [-0.2, 0) is 0 Å². The van der Waals surface area contributed by atoms with Gasteiger partial charge in [0.1, 0.15) is 5.82 Å². The van der Waals surface area contributed by atoms with Crippen molar-refractivity contribution >= 4 is 29.2 Å². The summed E-state index contributed by atoms with van der Waals surface area (Å²) in [5.41, 5.74) is 0. The summed E-state index contributed by atoms with van der Waals surface area (Å²) in [7, 11) is 0. The van der Waals surface area contributed by atoms with Gasteiger partial charge >= 0.3 is 0 Å². The van der Waals surface area contributed by atoms with E-state index < -0.39 is 0 Å². The van der Waals surface area contributed by atoms with Crippen LogP contribution in [0.25, 0.3) is 0 Å². The maximum atomic E-state index is 6.00. The number of nitrogens with one attached hydrogen (secondary N) is 1. The third kappa shape index (κ3) is 1.90. The van der Waals surface area contributed by atoms with E-state index in [0.717, 1.165) is 36.2 Å². The van der Waals surface area contributed by atoms with Gasteiger partial charge in [-0.1, -0.05) is 11.6 Å². The van der Waals surface area contributed by atoms with E-state index in [1.165, 1.54) is 11.3 Å². The number of rotatable bonds is 0. The van der Waals surface area contributed by atoms with Crippen LogP contribution in [0.5, 0.6) is 0 Å². The van der Waals surface area contributed by atoms with Crippen LogP contribution in [0.2, 0.25) is 5.02 Å². The Balaban J connectivity index is 2.00. The molecule has 5 heteroatoms. The Kier molecular flexibility index (Phi) is 2.96. The first-order valence-corrected chi connectivity index (χ1v) is 6.96. The molecule has 1 atom stereocenters. The van der Waals surface area contributed by atoms with Gasteiger partial charge < -0.3 is 10.2 Å². The summed E-state index contributed by atoms with van der Waals surface area (Å²) in [4.78, 5) is 8.17. The normalized spacial score (nSPS) is 24.6. The van der Waals surface area contributed by atoms with E-state index in [9.17, 15) is 0 Å². The molecule has 16 heavy (non-hydrogen) atoms. The van der Waals surface area contributed by atoms with Crippen molar-refractivity contribution in [1.29, 1.82) is 0 Å². The second-order valence-electron chi connectivity index (χ2n) is 4.16. The number of halogens is 1. The predicted molar refractivity (Wildman–Crippen MR) is 68.6 cm³/mol. The van der Waals surface area contributed by atoms with E-state index in [1.807, 2.05) is 17.8 Å². The number of thioether (sulfide) groups is 1. The minimum atomic E-state index is 0.594. The topological polar surface area (TPSA) is 28.2 Å². The highest BCUT2D eigenvalue weighted by atomic mass is 35.5. The molecule has 0 radical (unpaired) electrons. The maximum absolute atomic E-state index is 6.00. The Bertz CT molecular complexity index is 399. The molecular weight excluding hydrogens is 242 g/mol. The quantitative estimate of drug-likeness (QED) is 0.768. The van der Waals surface area contributed by atoms with E-state index in [4.69, 9.17) is 11.6 Å². The lowest BCUT2D eigenvalue weighted by Crippen LogP contribution is -2.51. The van der Waals surface area contributed by atoms with Crippen LogP contribution in [0.3, 0.4) is 0 Å². The average Bonchev–Trinajstić information content (AvgIpc) is 2.47. The maximum Gasteiger partial charge on any atom is 0.142 e. The van der Waals surface area contributed by atoms with Crippen LogP contribution in [0.15, 0.2) is 17.2 Å². The van der Waals surface area contributed by atoms with Crippen molar-refractivity contribution in [3.05, 3.63) is 17.3 Å². The van der Waals surface area contributed by atoms with Gasteiger partial charge in [-0.2, -0.15) is 0 Å². The number of hydrogen-bond donors (Lipinski definition) is 1. The molecule has 1 unspecified atom stereocenters. The molecule has 0 saturated carbocycles. The standard InChI is InChI=1S/C11H14ClN3S/c12-8-5-10-11(14-6-8)15-3-2-13-7-9(15)1-4-16-10/h5-6,9,13H,1-4,7H2. The zero-order chi connectivity index (χ0) is 11.0. The number of piperazine rings is 1. The first kappa shape index (κ1) is 10.7. The number of fused-ring (bicyclic) bond motifs is 3. The monoisotopic (exact) mass is 255 g/mol. The lowest BCUT2D eigenvalue weighted by Gasteiger charge is -2.36. The van der Waals surface area contributed by atoms with Crippen LogP contribution in [-0.4, -0.2) is 36.4 Å². The summed E-state index contributed by atoms with van der Waals surface area (Å²) in [5, 5.41) is 4.19. The van der Waals surface area contributed by atoms with Gasteiger partial charge in [-0.15, -0.1) is 11.8 Å². The number of hydrogen-bond acceptors (Lipinski definition) is 4. The Morgan fingerprint density at radius 3 is 3.44 bits per heavy atom. The molecule has 0 amide bonds. The van der Waals surface area contributed by atoms with Gasteiger partial charge in [0.05, 0.1) is 9.92 Å². The zero-order valence-corrected chi connectivity index (χ0v) is 10.5. The van der Waals surface area contributed by atoms with Crippen molar-refractivity contribution < 1.29 is 0 Å². The fourth-order valence-corrected chi connectivity index (χ4v) is 3.68. The van der Waals surface area contributed by atoms with Crippen LogP contribution in [0.1, 0.15) is 6.42 Å². The first-order chi connectivity index (χ1) is 7.84. The Labute approximate surface area is 105 Å². The van der Waals surface area contributed by atoms with E-state index >= 15 is 0 Å². The van der Waals surface area contributed by atoms with Crippen molar-refractivity contribution in [2.24, 2.45) is 0 Å².